The van der Waals surface area contributed by atoms with Gasteiger partial charge in [0.25, 0.3) is 0 Å². The van der Waals surface area contributed by atoms with Crippen molar-refractivity contribution >= 4 is 24.6 Å². The summed E-state index contributed by atoms with van der Waals surface area (Å²) in [4.78, 5) is 29.4. The van der Waals surface area contributed by atoms with Gasteiger partial charge in [0.15, 0.2) is 11.5 Å². The molecule has 92 valence electrons. The summed E-state index contributed by atoms with van der Waals surface area (Å²) >= 11 is 0. The molecule has 2 rings (SSSR count). The van der Waals surface area contributed by atoms with Crippen molar-refractivity contribution in [2.24, 2.45) is 0 Å². The van der Waals surface area contributed by atoms with Crippen molar-refractivity contribution in [3.63, 3.8) is 0 Å². The zero-order valence-electron chi connectivity index (χ0n) is 8.89. The maximum Gasteiger partial charge on any atom is 0.325 e. The van der Waals surface area contributed by atoms with E-state index in [1.165, 1.54) is 12.7 Å². The van der Waals surface area contributed by atoms with Crippen LogP contribution in [0, 0.1) is 0 Å². The van der Waals surface area contributed by atoms with Crippen molar-refractivity contribution < 1.29 is 14.4 Å². The highest BCUT2D eigenvalue weighted by atomic mass is 31.2. The third-order valence-corrected chi connectivity index (χ3v) is 3.18. The van der Waals surface area contributed by atoms with Crippen LogP contribution >= 0.6 is 7.60 Å². The minimum Gasteiger partial charge on any atom is -0.382 e. The summed E-state index contributed by atoms with van der Waals surface area (Å²) in [7, 11) is -3.95. The number of rotatable bonds is 4. The molecule has 0 unspecified atom stereocenters. The Kier molecular flexibility index (Phi) is 3.10. The molecule has 0 radical (unpaired) electrons. The molecule has 2 aromatic rings. The zero-order chi connectivity index (χ0) is 12.5. The average Bonchev–Trinajstić information content (AvgIpc) is 2.61. The summed E-state index contributed by atoms with van der Waals surface area (Å²) in [5.41, 5.74) is 6.69. The minimum atomic E-state index is -3.95. The molecule has 0 saturated carbocycles. The number of imidazole rings is 1. The molecule has 0 aliphatic rings. The fourth-order valence-corrected chi connectivity index (χ4v) is 2.06. The summed E-state index contributed by atoms with van der Waals surface area (Å²) in [5, 5.41) is 0. The largest absolute Gasteiger partial charge is 0.382 e. The number of anilines is 1. The van der Waals surface area contributed by atoms with Crippen LogP contribution in [-0.4, -0.2) is 35.5 Å². The Labute approximate surface area is 96.7 Å². The molecule has 8 nitrogen and oxygen atoms in total. The van der Waals surface area contributed by atoms with Gasteiger partial charge >= 0.3 is 7.60 Å². The van der Waals surface area contributed by atoms with Crippen LogP contribution in [0.1, 0.15) is 6.42 Å². The lowest BCUT2D eigenvalue weighted by Crippen LogP contribution is -2.01. The summed E-state index contributed by atoms with van der Waals surface area (Å²) in [6, 6.07) is 0. The third-order valence-electron chi connectivity index (χ3n) is 2.28. The first-order valence-corrected chi connectivity index (χ1v) is 6.73. The van der Waals surface area contributed by atoms with Crippen molar-refractivity contribution in [3.8, 4) is 0 Å². The third kappa shape index (κ3) is 2.79. The van der Waals surface area contributed by atoms with Crippen molar-refractivity contribution in [2.45, 2.75) is 13.0 Å². The van der Waals surface area contributed by atoms with Gasteiger partial charge in [-0.25, -0.2) is 15.0 Å². The molecule has 0 spiro atoms. The Morgan fingerprint density at radius 2 is 2.12 bits per heavy atom. The van der Waals surface area contributed by atoms with E-state index >= 15 is 0 Å². The average molecular weight is 257 g/mol. The number of nitrogens with two attached hydrogens (primary N) is 1. The molecule has 4 N–H and O–H groups in total. The van der Waals surface area contributed by atoms with E-state index in [4.69, 9.17) is 15.5 Å². The summed E-state index contributed by atoms with van der Waals surface area (Å²) < 4.78 is 12.4. The normalized spacial score (nSPS) is 12.1. The number of hydrogen-bond donors (Lipinski definition) is 3. The molecule has 0 saturated heterocycles. The van der Waals surface area contributed by atoms with Gasteiger partial charge < -0.3 is 20.1 Å². The lowest BCUT2D eigenvalue weighted by atomic mass is 10.4. The Morgan fingerprint density at radius 3 is 2.82 bits per heavy atom. The van der Waals surface area contributed by atoms with Crippen LogP contribution in [0.4, 0.5) is 5.82 Å². The Morgan fingerprint density at radius 1 is 1.35 bits per heavy atom. The molecule has 0 amide bonds. The van der Waals surface area contributed by atoms with E-state index in [0.29, 0.717) is 29.9 Å². The summed E-state index contributed by atoms with van der Waals surface area (Å²) in [5.74, 6) is 0.295. The highest BCUT2D eigenvalue weighted by molar-refractivity contribution is 7.51. The van der Waals surface area contributed by atoms with Gasteiger partial charge in [0.05, 0.1) is 12.5 Å². The number of aromatic nitrogens is 4. The maximum atomic E-state index is 10.7. The zero-order valence-corrected chi connectivity index (χ0v) is 9.79. The molecule has 2 aromatic heterocycles. The number of nitrogen functional groups attached to an aromatic ring is 1. The van der Waals surface area contributed by atoms with Gasteiger partial charge in [0.1, 0.15) is 11.8 Å². The van der Waals surface area contributed by atoms with E-state index in [9.17, 15) is 4.57 Å². The van der Waals surface area contributed by atoms with Crippen molar-refractivity contribution in [2.75, 3.05) is 11.9 Å². The second-order valence-electron chi connectivity index (χ2n) is 3.61. The maximum absolute atomic E-state index is 10.7. The van der Waals surface area contributed by atoms with E-state index in [2.05, 4.69) is 15.0 Å². The van der Waals surface area contributed by atoms with Gasteiger partial charge in [-0.2, -0.15) is 0 Å². The van der Waals surface area contributed by atoms with Crippen LogP contribution in [0.5, 0.6) is 0 Å². The van der Waals surface area contributed by atoms with Crippen molar-refractivity contribution in [1.82, 2.24) is 19.5 Å². The SMILES string of the molecule is Nc1ncnc2c1ncn2CCCP(=O)(O)O. The van der Waals surface area contributed by atoms with Gasteiger partial charge in [-0.3, -0.25) is 4.57 Å². The van der Waals surface area contributed by atoms with Crippen LogP contribution in [0.3, 0.4) is 0 Å². The second-order valence-corrected chi connectivity index (χ2v) is 5.39. The Hall–Kier alpha value is -1.50. The molecule has 0 aliphatic heterocycles. The smallest absolute Gasteiger partial charge is 0.325 e. The van der Waals surface area contributed by atoms with Gasteiger partial charge in [-0.1, -0.05) is 0 Å². The molecule has 17 heavy (non-hydrogen) atoms. The fourth-order valence-electron chi connectivity index (χ4n) is 1.51. The van der Waals surface area contributed by atoms with Crippen LogP contribution < -0.4 is 5.73 Å². The quantitative estimate of drug-likeness (QED) is 0.656. The van der Waals surface area contributed by atoms with E-state index in [1.807, 2.05) is 0 Å². The number of fused-ring (bicyclic) bond motifs is 1. The molecular weight excluding hydrogens is 245 g/mol. The predicted molar refractivity (Wildman–Crippen MR) is 61.3 cm³/mol. The predicted octanol–water partition coefficient (Wildman–Crippen LogP) is -0.0237. The van der Waals surface area contributed by atoms with Gasteiger partial charge in [0, 0.05) is 6.54 Å². The molecular formula is C8H12N5O3P. The molecule has 2 heterocycles. The van der Waals surface area contributed by atoms with Gasteiger partial charge in [-0.15, -0.1) is 0 Å². The lowest BCUT2D eigenvalue weighted by molar-refractivity contribution is 0.370. The first-order chi connectivity index (χ1) is 7.97. The second kappa shape index (κ2) is 4.40. The Balaban J connectivity index is 2.15. The molecule has 9 heteroatoms. The highest BCUT2D eigenvalue weighted by Crippen LogP contribution is 2.35. The first kappa shape index (κ1) is 12.0. The lowest BCUT2D eigenvalue weighted by Gasteiger charge is -2.05. The van der Waals surface area contributed by atoms with Crippen LogP contribution in [-0.2, 0) is 11.1 Å². The van der Waals surface area contributed by atoms with Gasteiger partial charge in [-0.05, 0) is 6.42 Å². The fraction of sp³-hybridized carbons (Fsp3) is 0.375. The first-order valence-electron chi connectivity index (χ1n) is 4.93. The Bertz CT molecular complexity index is 578. The van der Waals surface area contributed by atoms with E-state index in [1.54, 1.807) is 4.57 Å². The number of aryl methyl sites for hydroxylation is 1. The van der Waals surface area contributed by atoms with E-state index in [-0.39, 0.29) is 6.16 Å². The topological polar surface area (TPSA) is 127 Å². The summed E-state index contributed by atoms with van der Waals surface area (Å²) in [6.07, 6.45) is 3.06. The van der Waals surface area contributed by atoms with Crippen LogP contribution in [0.25, 0.3) is 11.2 Å². The highest BCUT2D eigenvalue weighted by Gasteiger charge is 2.13. The van der Waals surface area contributed by atoms with E-state index in [0.717, 1.165) is 0 Å². The van der Waals surface area contributed by atoms with E-state index < -0.39 is 7.60 Å². The van der Waals surface area contributed by atoms with Crippen LogP contribution in [0.2, 0.25) is 0 Å². The molecule has 0 fully saturated rings. The van der Waals surface area contributed by atoms with Crippen molar-refractivity contribution in [1.29, 1.82) is 0 Å². The van der Waals surface area contributed by atoms with Crippen LogP contribution in [0.15, 0.2) is 12.7 Å². The molecule has 0 aromatic carbocycles. The molecule has 0 atom stereocenters. The summed E-state index contributed by atoms with van der Waals surface area (Å²) in [6.45, 7) is 0.429. The number of hydrogen-bond acceptors (Lipinski definition) is 5. The molecule has 0 bridgehead atoms. The van der Waals surface area contributed by atoms with Gasteiger partial charge in [0.2, 0.25) is 0 Å². The van der Waals surface area contributed by atoms with Crippen molar-refractivity contribution in [3.05, 3.63) is 12.7 Å². The number of nitrogens with zero attached hydrogens (tertiary/aromatic N) is 4. The molecule has 0 aliphatic carbocycles. The standard InChI is InChI=1S/C8H12N5O3P/c9-7-6-8(11-4-10-7)13(5-12-6)2-1-3-17(14,15)16/h4-5H,1-3H2,(H2,9,10,11)(H2,14,15,16). The monoisotopic (exact) mass is 257 g/mol. The minimum absolute atomic E-state index is 0.159.